The quantitative estimate of drug-likeness (QED) is 0.349. The number of pyridine rings is 1. The maximum atomic E-state index is 13.2. The van der Waals surface area contributed by atoms with Crippen LogP contribution in [0.15, 0.2) is 77.6 Å². The summed E-state index contributed by atoms with van der Waals surface area (Å²) in [4.78, 5) is 3.90. The average molecular weight is 464 g/mol. The van der Waals surface area contributed by atoms with Crippen molar-refractivity contribution in [3.8, 4) is 22.6 Å². The van der Waals surface area contributed by atoms with E-state index in [1.807, 2.05) is 0 Å². The molecule has 0 saturated carbocycles. The van der Waals surface area contributed by atoms with Crippen molar-refractivity contribution in [1.82, 2.24) is 10.1 Å². The highest BCUT2D eigenvalue weighted by Crippen LogP contribution is 2.41. The molecule has 0 saturated heterocycles. The SMILES string of the molecule is OC(c1cccnc1)c1c(-c2cccc(C(F)(F)F)c2)noc1-c1cccc(C(F)(F)F)c1. The van der Waals surface area contributed by atoms with Crippen LogP contribution in [0, 0.1) is 0 Å². The largest absolute Gasteiger partial charge is 0.416 e. The first-order chi connectivity index (χ1) is 15.6. The van der Waals surface area contributed by atoms with Crippen molar-refractivity contribution in [2.24, 2.45) is 0 Å². The average Bonchev–Trinajstić information content (AvgIpc) is 3.23. The molecule has 0 aliphatic rings. The number of benzene rings is 2. The Labute approximate surface area is 183 Å². The molecule has 4 aromatic rings. The maximum absolute atomic E-state index is 13.2. The molecule has 0 radical (unpaired) electrons. The highest BCUT2D eigenvalue weighted by atomic mass is 19.4. The van der Waals surface area contributed by atoms with Gasteiger partial charge in [-0.2, -0.15) is 26.3 Å². The third kappa shape index (κ3) is 4.61. The first-order valence-corrected chi connectivity index (χ1v) is 9.48. The standard InChI is InChI=1S/C23H14F6N2O2/c24-22(25,26)16-7-1-4-13(10-16)19-18(20(32)15-6-3-9-30-12-15)21(33-31-19)14-5-2-8-17(11-14)23(27,28)29/h1-12,20,32H. The van der Waals surface area contributed by atoms with E-state index >= 15 is 0 Å². The Bertz CT molecular complexity index is 1190. The summed E-state index contributed by atoms with van der Waals surface area (Å²) in [6, 6.07) is 11.4. The first-order valence-electron chi connectivity index (χ1n) is 9.48. The fraction of sp³-hybridized carbons (Fsp3) is 0.130. The van der Waals surface area contributed by atoms with Gasteiger partial charge in [0.1, 0.15) is 11.8 Å². The van der Waals surface area contributed by atoms with Crippen LogP contribution < -0.4 is 0 Å². The molecule has 4 nitrogen and oxygen atoms in total. The van der Waals surface area contributed by atoms with E-state index in [1.54, 1.807) is 0 Å². The summed E-state index contributed by atoms with van der Waals surface area (Å²) < 4.78 is 84.6. The molecular formula is C23H14F6N2O2. The van der Waals surface area contributed by atoms with E-state index in [2.05, 4.69) is 10.1 Å². The molecule has 1 unspecified atom stereocenters. The van der Waals surface area contributed by atoms with Crippen LogP contribution in [0.25, 0.3) is 22.6 Å². The van der Waals surface area contributed by atoms with Crippen LogP contribution in [-0.4, -0.2) is 15.2 Å². The number of halogens is 6. The van der Waals surface area contributed by atoms with Gasteiger partial charge in [0.2, 0.25) is 0 Å². The van der Waals surface area contributed by atoms with Gasteiger partial charge in [-0.15, -0.1) is 0 Å². The summed E-state index contributed by atoms with van der Waals surface area (Å²) in [6.45, 7) is 0. The van der Waals surface area contributed by atoms with E-state index in [0.717, 1.165) is 36.4 Å². The lowest BCUT2D eigenvalue weighted by atomic mass is 9.94. The number of aliphatic hydroxyl groups excluding tert-OH is 1. The number of hydrogen-bond acceptors (Lipinski definition) is 4. The molecule has 0 aliphatic carbocycles. The van der Waals surface area contributed by atoms with E-state index in [-0.39, 0.29) is 33.7 Å². The van der Waals surface area contributed by atoms with Gasteiger partial charge in [-0.05, 0) is 30.3 Å². The molecule has 10 heteroatoms. The number of hydrogen-bond donors (Lipinski definition) is 1. The molecule has 33 heavy (non-hydrogen) atoms. The van der Waals surface area contributed by atoms with Gasteiger partial charge in [0.15, 0.2) is 5.76 Å². The number of aliphatic hydroxyl groups is 1. The van der Waals surface area contributed by atoms with Crippen LogP contribution in [0.1, 0.15) is 28.4 Å². The van der Waals surface area contributed by atoms with Gasteiger partial charge in [0.25, 0.3) is 0 Å². The molecule has 0 amide bonds. The summed E-state index contributed by atoms with van der Waals surface area (Å²) in [5.74, 6) is -0.204. The highest BCUT2D eigenvalue weighted by molar-refractivity contribution is 5.74. The molecule has 2 aromatic heterocycles. The topological polar surface area (TPSA) is 59.2 Å². The molecule has 0 spiro atoms. The Balaban J connectivity index is 1.92. The van der Waals surface area contributed by atoms with Crippen molar-refractivity contribution < 1.29 is 36.0 Å². The predicted octanol–water partition coefficient (Wildman–Crippen LogP) is 6.52. The van der Waals surface area contributed by atoms with E-state index in [1.165, 1.54) is 36.7 Å². The van der Waals surface area contributed by atoms with Crippen molar-refractivity contribution in [3.05, 3.63) is 95.3 Å². The molecule has 2 heterocycles. The minimum atomic E-state index is -4.64. The Hall–Kier alpha value is -3.66. The normalized spacial score (nSPS) is 13.2. The van der Waals surface area contributed by atoms with Gasteiger partial charge in [0, 0.05) is 29.1 Å². The van der Waals surface area contributed by atoms with Gasteiger partial charge < -0.3 is 9.63 Å². The van der Waals surface area contributed by atoms with Gasteiger partial charge in [-0.25, -0.2) is 0 Å². The minimum Gasteiger partial charge on any atom is -0.383 e. The van der Waals surface area contributed by atoms with E-state index in [0.29, 0.717) is 0 Å². The molecule has 0 fully saturated rings. The second-order valence-corrected chi connectivity index (χ2v) is 7.12. The van der Waals surface area contributed by atoms with E-state index in [4.69, 9.17) is 4.52 Å². The molecule has 2 aromatic carbocycles. The fourth-order valence-electron chi connectivity index (χ4n) is 3.35. The number of alkyl halides is 6. The summed E-state index contributed by atoms with van der Waals surface area (Å²) in [5, 5.41) is 14.9. The maximum Gasteiger partial charge on any atom is 0.416 e. The van der Waals surface area contributed by atoms with Crippen molar-refractivity contribution in [2.45, 2.75) is 18.5 Å². The molecule has 1 N–H and O–H groups in total. The van der Waals surface area contributed by atoms with Crippen molar-refractivity contribution in [2.75, 3.05) is 0 Å². The molecule has 0 aliphatic heterocycles. The zero-order valence-electron chi connectivity index (χ0n) is 16.5. The summed E-state index contributed by atoms with van der Waals surface area (Å²) in [7, 11) is 0. The van der Waals surface area contributed by atoms with Crippen LogP contribution in [0.2, 0.25) is 0 Å². The van der Waals surface area contributed by atoms with Crippen molar-refractivity contribution in [1.29, 1.82) is 0 Å². The van der Waals surface area contributed by atoms with Crippen molar-refractivity contribution in [3.63, 3.8) is 0 Å². The molecule has 1 atom stereocenters. The lowest BCUT2D eigenvalue weighted by Crippen LogP contribution is -2.06. The van der Waals surface area contributed by atoms with Crippen LogP contribution in [0.4, 0.5) is 26.3 Å². The van der Waals surface area contributed by atoms with Gasteiger partial charge in [-0.1, -0.05) is 35.5 Å². The Morgan fingerprint density at radius 3 is 1.97 bits per heavy atom. The van der Waals surface area contributed by atoms with Gasteiger partial charge >= 0.3 is 12.4 Å². The van der Waals surface area contributed by atoms with Gasteiger partial charge in [0.05, 0.1) is 16.7 Å². The third-order valence-corrected chi connectivity index (χ3v) is 4.92. The van der Waals surface area contributed by atoms with Crippen LogP contribution >= 0.6 is 0 Å². The summed E-state index contributed by atoms with van der Waals surface area (Å²) >= 11 is 0. The highest BCUT2D eigenvalue weighted by Gasteiger charge is 2.34. The lowest BCUT2D eigenvalue weighted by molar-refractivity contribution is -0.138. The molecule has 0 bridgehead atoms. The first kappa shape index (κ1) is 22.5. The van der Waals surface area contributed by atoms with Crippen molar-refractivity contribution >= 4 is 0 Å². The summed E-state index contributed by atoms with van der Waals surface area (Å²) in [5.41, 5.74) is -1.95. The third-order valence-electron chi connectivity index (χ3n) is 4.92. The molecular weight excluding hydrogens is 450 g/mol. The second kappa shape index (κ2) is 8.36. The number of rotatable bonds is 4. The van der Waals surface area contributed by atoms with Crippen LogP contribution in [0.5, 0.6) is 0 Å². The molecule has 4 rings (SSSR count). The second-order valence-electron chi connectivity index (χ2n) is 7.12. The smallest absolute Gasteiger partial charge is 0.383 e. The van der Waals surface area contributed by atoms with E-state index in [9.17, 15) is 31.4 Å². The zero-order valence-corrected chi connectivity index (χ0v) is 16.5. The minimum absolute atomic E-state index is 0.0234. The van der Waals surface area contributed by atoms with Crippen LogP contribution in [-0.2, 0) is 12.4 Å². The predicted molar refractivity (Wildman–Crippen MR) is 106 cm³/mol. The Morgan fingerprint density at radius 2 is 1.39 bits per heavy atom. The number of nitrogens with zero attached hydrogens (tertiary/aromatic N) is 2. The lowest BCUT2D eigenvalue weighted by Gasteiger charge is -2.14. The monoisotopic (exact) mass is 464 g/mol. The summed E-state index contributed by atoms with van der Waals surface area (Å²) in [6.07, 6.45) is -7.98. The zero-order chi connectivity index (χ0) is 23.8. The molecule has 170 valence electrons. The van der Waals surface area contributed by atoms with Gasteiger partial charge in [-0.3, -0.25) is 4.98 Å². The van der Waals surface area contributed by atoms with E-state index < -0.39 is 29.6 Å². The number of aromatic nitrogens is 2. The fourth-order valence-corrected chi connectivity index (χ4v) is 3.35. The van der Waals surface area contributed by atoms with Crippen LogP contribution in [0.3, 0.4) is 0 Å². The Kier molecular flexibility index (Phi) is 5.71. The Morgan fingerprint density at radius 1 is 0.788 bits per heavy atom.